The number of amides is 1. The van der Waals surface area contributed by atoms with E-state index in [-0.39, 0.29) is 11.5 Å². The highest BCUT2D eigenvalue weighted by Crippen LogP contribution is 2.29. The molecule has 1 aromatic carbocycles. The van der Waals surface area contributed by atoms with E-state index in [1.165, 1.54) is 12.1 Å². The second kappa shape index (κ2) is 6.59. The van der Waals surface area contributed by atoms with Crippen LogP contribution in [-0.2, 0) is 6.18 Å². The van der Waals surface area contributed by atoms with Gasteiger partial charge in [-0.15, -0.1) is 0 Å². The summed E-state index contributed by atoms with van der Waals surface area (Å²) in [6, 6.07) is 4.59. The Hall–Kier alpha value is -1.52. The van der Waals surface area contributed by atoms with Crippen LogP contribution in [0.25, 0.3) is 0 Å². The summed E-state index contributed by atoms with van der Waals surface area (Å²) in [4.78, 5) is 13.8. The van der Waals surface area contributed by atoms with Crippen LogP contribution in [0.3, 0.4) is 0 Å². The second-order valence-electron chi connectivity index (χ2n) is 4.37. The predicted octanol–water partition coefficient (Wildman–Crippen LogP) is 3.97. The van der Waals surface area contributed by atoms with Crippen molar-refractivity contribution in [2.75, 3.05) is 13.1 Å². The van der Waals surface area contributed by atoms with E-state index in [0.29, 0.717) is 13.1 Å². The Morgan fingerprint density at radius 1 is 1.16 bits per heavy atom. The minimum Gasteiger partial charge on any atom is -0.339 e. The van der Waals surface area contributed by atoms with Gasteiger partial charge in [0.1, 0.15) is 0 Å². The SMILES string of the molecule is CCCN(CCC)C(=O)c1cccc(C(F)(F)F)c1. The van der Waals surface area contributed by atoms with Gasteiger partial charge in [0.2, 0.25) is 0 Å². The van der Waals surface area contributed by atoms with E-state index < -0.39 is 11.7 Å². The van der Waals surface area contributed by atoms with Crippen LogP contribution in [0.2, 0.25) is 0 Å². The zero-order valence-corrected chi connectivity index (χ0v) is 11.1. The first-order valence-corrected chi connectivity index (χ1v) is 6.36. The van der Waals surface area contributed by atoms with Crippen molar-refractivity contribution in [1.29, 1.82) is 0 Å². The number of halogens is 3. The van der Waals surface area contributed by atoms with Crippen LogP contribution < -0.4 is 0 Å². The van der Waals surface area contributed by atoms with Crippen molar-refractivity contribution in [3.8, 4) is 0 Å². The number of benzene rings is 1. The molecule has 0 aliphatic heterocycles. The molecule has 106 valence electrons. The molecule has 0 N–H and O–H groups in total. The molecule has 1 amide bonds. The Morgan fingerprint density at radius 2 is 1.74 bits per heavy atom. The Kier molecular flexibility index (Phi) is 5.39. The molecule has 1 aromatic rings. The summed E-state index contributed by atoms with van der Waals surface area (Å²) < 4.78 is 37.8. The van der Waals surface area contributed by atoms with E-state index in [4.69, 9.17) is 0 Å². The first-order valence-electron chi connectivity index (χ1n) is 6.36. The summed E-state index contributed by atoms with van der Waals surface area (Å²) in [7, 11) is 0. The van der Waals surface area contributed by atoms with Crippen LogP contribution in [0.15, 0.2) is 24.3 Å². The molecule has 0 aromatic heterocycles. The normalized spacial score (nSPS) is 11.4. The Morgan fingerprint density at radius 3 is 2.21 bits per heavy atom. The van der Waals surface area contributed by atoms with E-state index in [1.54, 1.807) is 4.90 Å². The number of carbonyl (C=O) groups is 1. The minimum atomic E-state index is -4.42. The van der Waals surface area contributed by atoms with Crippen molar-refractivity contribution >= 4 is 5.91 Å². The van der Waals surface area contributed by atoms with Crippen molar-refractivity contribution in [1.82, 2.24) is 4.90 Å². The molecule has 0 fully saturated rings. The molecule has 2 nitrogen and oxygen atoms in total. The van der Waals surface area contributed by atoms with Gasteiger partial charge in [0.25, 0.3) is 5.91 Å². The predicted molar refractivity (Wildman–Crippen MR) is 67.9 cm³/mol. The number of nitrogens with zero attached hydrogens (tertiary/aromatic N) is 1. The van der Waals surface area contributed by atoms with Crippen molar-refractivity contribution in [3.63, 3.8) is 0 Å². The molecule has 0 saturated heterocycles. The largest absolute Gasteiger partial charge is 0.416 e. The highest BCUT2D eigenvalue weighted by atomic mass is 19.4. The highest BCUT2D eigenvalue weighted by molar-refractivity contribution is 5.94. The maximum atomic E-state index is 12.6. The number of hydrogen-bond acceptors (Lipinski definition) is 1. The molecule has 0 atom stereocenters. The van der Waals surface area contributed by atoms with E-state index >= 15 is 0 Å². The van der Waals surface area contributed by atoms with Gasteiger partial charge in [-0.05, 0) is 31.0 Å². The molecule has 0 radical (unpaired) electrons. The van der Waals surface area contributed by atoms with Gasteiger partial charge in [-0.2, -0.15) is 13.2 Å². The lowest BCUT2D eigenvalue weighted by Gasteiger charge is -2.21. The van der Waals surface area contributed by atoms with Gasteiger partial charge in [-0.1, -0.05) is 19.9 Å². The molecule has 0 saturated carbocycles. The number of hydrogen-bond donors (Lipinski definition) is 0. The Balaban J connectivity index is 2.98. The topological polar surface area (TPSA) is 20.3 Å². The Labute approximate surface area is 111 Å². The van der Waals surface area contributed by atoms with Gasteiger partial charge in [-0.3, -0.25) is 4.79 Å². The van der Waals surface area contributed by atoms with Crippen LogP contribution in [-0.4, -0.2) is 23.9 Å². The van der Waals surface area contributed by atoms with E-state index in [9.17, 15) is 18.0 Å². The van der Waals surface area contributed by atoms with Gasteiger partial charge in [-0.25, -0.2) is 0 Å². The average molecular weight is 273 g/mol. The molecule has 0 aliphatic carbocycles. The van der Waals surface area contributed by atoms with Crippen LogP contribution in [0.4, 0.5) is 13.2 Å². The lowest BCUT2D eigenvalue weighted by molar-refractivity contribution is -0.137. The van der Waals surface area contributed by atoms with E-state index in [0.717, 1.165) is 25.0 Å². The number of alkyl halides is 3. The fourth-order valence-electron chi connectivity index (χ4n) is 1.87. The van der Waals surface area contributed by atoms with Gasteiger partial charge in [0.05, 0.1) is 5.56 Å². The molecule has 0 spiro atoms. The first kappa shape index (κ1) is 15.5. The van der Waals surface area contributed by atoms with Crippen LogP contribution in [0.5, 0.6) is 0 Å². The molecule has 0 bridgehead atoms. The van der Waals surface area contributed by atoms with Crippen LogP contribution in [0, 0.1) is 0 Å². The fourth-order valence-corrected chi connectivity index (χ4v) is 1.87. The van der Waals surface area contributed by atoms with Crippen molar-refractivity contribution in [2.24, 2.45) is 0 Å². The summed E-state index contributed by atoms with van der Waals surface area (Å²) in [5.41, 5.74) is -0.692. The monoisotopic (exact) mass is 273 g/mol. The van der Waals surface area contributed by atoms with Crippen molar-refractivity contribution in [2.45, 2.75) is 32.9 Å². The van der Waals surface area contributed by atoms with Crippen LogP contribution in [0.1, 0.15) is 42.6 Å². The molecule has 0 heterocycles. The third-order valence-electron chi connectivity index (χ3n) is 2.71. The molecule has 1 rings (SSSR count). The summed E-state index contributed by atoms with van der Waals surface area (Å²) >= 11 is 0. The van der Waals surface area contributed by atoms with Crippen LogP contribution >= 0.6 is 0 Å². The minimum absolute atomic E-state index is 0.0942. The van der Waals surface area contributed by atoms with Gasteiger partial charge < -0.3 is 4.90 Å². The molecule has 19 heavy (non-hydrogen) atoms. The smallest absolute Gasteiger partial charge is 0.339 e. The van der Waals surface area contributed by atoms with Crippen molar-refractivity contribution < 1.29 is 18.0 Å². The maximum absolute atomic E-state index is 12.6. The molecular formula is C14H18F3NO. The second-order valence-corrected chi connectivity index (χ2v) is 4.37. The Bertz CT molecular complexity index is 423. The quantitative estimate of drug-likeness (QED) is 0.795. The zero-order valence-electron chi connectivity index (χ0n) is 11.1. The molecule has 5 heteroatoms. The van der Waals surface area contributed by atoms with E-state index in [2.05, 4.69) is 0 Å². The summed E-state index contributed by atoms with van der Waals surface area (Å²) in [5, 5.41) is 0. The fraction of sp³-hybridized carbons (Fsp3) is 0.500. The lowest BCUT2D eigenvalue weighted by atomic mass is 10.1. The van der Waals surface area contributed by atoms with E-state index in [1.807, 2.05) is 13.8 Å². The standard InChI is InChI=1S/C14H18F3NO/c1-3-8-18(9-4-2)13(19)11-6-5-7-12(10-11)14(15,16)17/h5-7,10H,3-4,8-9H2,1-2H3. The van der Waals surface area contributed by atoms with Gasteiger partial charge >= 0.3 is 6.18 Å². The van der Waals surface area contributed by atoms with Crippen molar-refractivity contribution in [3.05, 3.63) is 35.4 Å². The maximum Gasteiger partial charge on any atom is 0.416 e. The molecule has 0 aliphatic rings. The summed E-state index contributed by atoms with van der Waals surface area (Å²) in [6.45, 7) is 4.98. The highest BCUT2D eigenvalue weighted by Gasteiger charge is 2.31. The molecular weight excluding hydrogens is 255 g/mol. The third-order valence-corrected chi connectivity index (χ3v) is 2.71. The summed E-state index contributed by atoms with van der Waals surface area (Å²) in [6.07, 6.45) is -2.86. The first-order chi connectivity index (χ1) is 8.90. The molecule has 0 unspecified atom stereocenters. The third kappa shape index (κ3) is 4.26. The number of rotatable bonds is 5. The number of carbonyl (C=O) groups excluding carboxylic acids is 1. The summed E-state index contributed by atoms with van der Waals surface area (Å²) in [5.74, 6) is -0.338. The van der Waals surface area contributed by atoms with Gasteiger partial charge in [0.15, 0.2) is 0 Å². The lowest BCUT2D eigenvalue weighted by Crippen LogP contribution is -2.32. The average Bonchev–Trinajstić information content (AvgIpc) is 2.37. The van der Waals surface area contributed by atoms with Gasteiger partial charge in [0, 0.05) is 18.7 Å². The zero-order chi connectivity index (χ0) is 14.5.